The number of nitrogens with zero attached hydrogens (tertiary/aromatic N) is 5. The normalized spacial score (nSPS) is 21.8. The smallest absolute Gasteiger partial charge is 0.260 e. The Kier molecular flexibility index (Phi) is 4.86. The van der Waals surface area contributed by atoms with Crippen LogP contribution in [-0.4, -0.2) is 52.8 Å². The maximum absolute atomic E-state index is 11.3. The Morgan fingerprint density at radius 1 is 1.50 bits per heavy atom. The molecule has 0 radical (unpaired) electrons. The Morgan fingerprint density at radius 3 is 2.92 bits per heavy atom. The topological polar surface area (TPSA) is 80.3 Å². The molecular weight excluding hydrogens is 324 g/mol. The summed E-state index contributed by atoms with van der Waals surface area (Å²) in [6.07, 6.45) is 5.77. The van der Waals surface area contributed by atoms with Crippen LogP contribution in [0.5, 0.6) is 0 Å². The standard InChI is InChI=1S/C16H24N6OS/c1-20-8-4-5-11(14(20)12-6-7-19-22(12)3)10-21(2)16-18-9-13(24-16)15(17)23/h6-7,9,11,14H,4-5,8,10H2,1-3H3,(H2,17,23)/t11-,14+/m0/s1. The molecule has 130 valence electrons. The highest BCUT2D eigenvalue weighted by atomic mass is 32.1. The summed E-state index contributed by atoms with van der Waals surface area (Å²) < 4.78 is 1.97. The van der Waals surface area contributed by atoms with Crippen LogP contribution in [0, 0.1) is 5.92 Å². The summed E-state index contributed by atoms with van der Waals surface area (Å²) in [5.41, 5.74) is 6.57. The highest BCUT2D eigenvalue weighted by Gasteiger charge is 2.33. The van der Waals surface area contributed by atoms with Gasteiger partial charge in [-0.15, -0.1) is 0 Å². The van der Waals surface area contributed by atoms with Crippen LogP contribution in [-0.2, 0) is 7.05 Å². The first kappa shape index (κ1) is 16.9. The van der Waals surface area contributed by atoms with E-state index in [2.05, 4.69) is 33.0 Å². The van der Waals surface area contributed by atoms with Crippen LogP contribution in [0.25, 0.3) is 0 Å². The quantitative estimate of drug-likeness (QED) is 0.885. The molecule has 8 heteroatoms. The summed E-state index contributed by atoms with van der Waals surface area (Å²) in [4.78, 5) is 20.7. The van der Waals surface area contributed by atoms with Crippen LogP contribution in [0.4, 0.5) is 5.13 Å². The molecule has 0 bridgehead atoms. The summed E-state index contributed by atoms with van der Waals surface area (Å²) in [5.74, 6) is 0.0578. The molecule has 2 aromatic rings. The lowest BCUT2D eigenvalue weighted by atomic mass is 9.87. The molecule has 0 unspecified atom stereocenters. The number of carbonyl (C=O) groups excluding carboxylic acids is 1. The minimum atomic E-state index is -0.419. The first-order chi connectivity index (χ1) is 11.5. The van der Waals surface area contributed by atoms with Crippen molar-refractivity contribution in [2.45, 2.75) is 18.9 Å². The van der Waals surface area contributed by atoms with E-state index in [1.54, 1.807) is 6.20 Å². The third-order valence-electron chi connectivity index (χ3n) is 4.74. The van der Waals surface area contributed by atoms with E-state index < -0.39 is 5.91 Å². The van der Waals surface area contributed by atoms with Gasteiger partial charge >= 0.3 is 0 Å². The van der Waals surface area contributed by atoms with Crippen LogP contribution in [0.1, 0.15) is 34.2 Å². The van der Waals surface area contributed by atoms with Gasteiger partial charge in [0.1, 0.15) is 4.88 Å². The van der Waals surface area contributed by atoms with Crippen molar-refractivity contribution >= 4 is 22.4 Å². The number of aryl methyl sites for hydroxylation is 1. The summed E-state index contributed by atoms with van der Waals surface area (Å²) in [7, 11) is 6.20. The molecule has 24 heavy (non-hydrogen) atoms. The van der Waals surface area contributed by atoms with Gasteiger partial charge in [-0.3, -0.25) is 14.4 Å². The Labute approximate surface area is 146 Å². The second kappa shape index (κ2) is 6.90. The number of piperidine rings is 1. The number of primary amides is 1. The highest BCUT2D eigenvalue weighted by molar-refractivity contribution is 7.17. The van der Waals surface area contributed by atoms with Gasteiger partial charge in [-0.25, -0.2) is 4.98 Å². The zero-order chi connectivity index (χ0) is 17.3. The van der Waals surface area contributed by atoms with Crippen LogP contribution in [0.2, 0.25) is 0 Å². The van der Waals surface area contributed by atoms with E-state index in [0.29, 0.717) is 16.8 Å². The van der Waals surface area contributed by atoms with E-state index >= 15 is 0 Å². The number of hydrogen-bond acceptors (Lipinski definition) is 6. The molecular formula is C16H24N6OS. The molecule has 2 aromatic heterocycles. The third kappa shape index (κ3) is 3.29. The molecule has 1 saturated heterocycles. The van der Waals surface area contributed by atoms with Gasteiger partial charge in [0.2, 0.25) is 0 Å². The zero-order valence-electron chi connectivity index (χ0n) is 14.3. The first-order valence-electron chi connectivity index (χ1n) is 8.12. The maximum Gasteiger partial charge on any atom is 0.260 e. The number of thiazole rings is 1. The Balaban J connectivity index is 1.78. The third-order valence-corrected chi connectivity index (χ3v) is 5.87. The number of carbonyl (C=O) groups is 1. The van der Waals surface area contributed by atoms with Crippen molar-refractivity contribution in [3.05, 3.63) is 29.0 Å². The summed E-state index contributed by atoms with van der Waals surface area (Å²) in [6.45, 7) is 1.98. The second-order valence-corrected chi connectivity index (χ2v) is 7.47. The van der Waals surface area contributed by atoms with Gasteiger partial charge < -0.3 is 10.6 Å². The van der Waals surface area contributed by atoms with E-state index in [0.717, 1.165) is 18.2 Å². The molecule has 1 amide bonds. The fraction of sp³-hybridized carbons (Fsp3) is 0.562. The number of likely N-dealkylation sites (tertiary alicyclic amines) is 1. The van der Waals surface area contributed by atoms with Crippen molar-refractivity contribution in [1.82, 2.24) is 19.7 Å². The molecule has 0 saturated carbocycles. The number of anilines is 1. The molecule has 1 aliphatic heterocycles. The van der Waals surface area contributed by atoms with Gasteiger partial charge in [-0.2, -0.15) is 5.10 Å². The predicted molar refractivity (Wildman–Crippen MR) is 95.2 cm³/mol. The SMILES string of the molecule is CN(C[C@@H]1CCCN(C)[C@H]1c1ccnn1C)c1ncc(C(N)=O)s1. The van der Waals surface area contributed by atoms with Gasteiger partial charge in [0.15, 0.2) is 5.13 Å². The second-order valence-electron chi connectivity index (χ2n) is 6.46. The minimum absolute atomic E-state index is 0.337. The maximum atomic E-state index is 11.3. The van der Waals surface area contributed by atoms with Gasteiger partial charge in [-0.05, 0) is 38.4 Å². The number of aromatic nitrogens is 3. The monoisotopic (exact) mass is 348 g/mol. The van der Waals surface area contributed by atoms with Crippen molar-refractivity contribution in [2.75, 3.05) is 32.1 Å². The molecule has 1 aliphatic rings. The van der Waals surface area contributed by atoms with Crippen molar-refractivity contribution in [3.63, 3.8) is 0 Å². The highest BCUT2D eigenvalue weighted by Crippen LogP contribution is 2.36. The van der Waals surface area contributed by atoms with Gasteiger partial charge in [0, 0.05) is 26.8 Å². The minimum Gasteiger partial charge on any atom is -0.365 e. The van der Waals surface area contributed by atoms with Crippen molar-refractivity contribution < 1.29 is 4.79 Å². The Bertz CT molecular complexity index is 711. The fourth-order valence-corrected chi connectivity index (χ4v) is 4.32. The Morgan fingerprint density at radius 2 is 2.29 bits per heavy atom. The summed E-state index contributed by atoms with van der Waals surface area (Å²) in [6, 6.07) is 2.44. The average molecular weight is 348 g/mol. The van der Waals surface area contributed by atoms with Crippen molar-refractivity contribution in [2.24, 2.45) is 18.7 Å². The Hall–Kier alpha value is -1.93. The fourth-order valence-electron chi connectivity index (χ4n) is 3.58. The summed E-state index contributed by atoms with van der Waals surface area (Å²) >= 11 is 1.35. The van der Waals surface area contributed by atoms with E-state index in [-0.39, 0.29) is 0 Å². The van der Waals surface area contributed by atoms with Gasteiger partial charge in [-0.1, -0.05) is 11.3 Å². The van der Waals surface area contributed by atoms with Crippen molar-refractivity contribution in [1.29, 1.82) is 0 Å². The molecule has 2 atom stereocenters. The lowest BCUT2D eigenvalue weighted by molar-refractivity contribution is 0.100. The molecule has 3 rings (SSSR count). The molecule has 2 N–H and O–H groups in total. The molecule has 0 spiro atoms. The first-order valence-corrected chi connectivity index (χ1v) is 8.94. The van der Waals surface area contributed by atoms with E-state index in [1.807, 2.05) is 25.0 Å². The van der Waals surface area contributed by atoms with Gasteiger partial charge in [0.25, 0.3) is 5.91 Å². The molecule has 3 heterocycles. The number of nitrogens with two attached hydrogens (primary N) is 1. The number of hydrogen-bond donors (Lipinski definition) is 1. The van der Waals surface area contributed by atoms with E-state index in [4.69, 9.17) is 5.73 Å². The molecule has 1 fully saturated rings. The van der Waals surface area contributed by atoms with Crippen LogP contribution in [0.15, 0.2) is 18.5 Å². The lowest BCUT2D eigenvalue weighted by Gasteiger charge is -2.40. The summed E-state index contributed by atoms with van der Waals surface area (Å²) in [5, 5.41) is 5.17. The van der Waals surface area contributed by atoms with E-state index in [9.17, 15) is 4.79 Å². The molecule has 0 aromatic carbocycles. The van der Waals surface area contributed by atoms with Crippen molar-refractivity contribution in [3.8, 4) is 0 Å². The molecule has 0 aliphatic carbocycles. The number of rotatable bonds is 5. The number of amides is 1. The van der Waals surface area contributed by atoms with Crippen LogP contribution < -0.4 is 10.6 Å². The zero-order valence-corrected chi connectivity index (χ0v) is 15.2. The van der Waals surface area contributed by atoms with Gasteiger partial charge in [0.05, 0.1) is 17.9 Å². The van der Waals surface area contributed by atoms with E-state index in [1.165, 1.54) is 29.9 Å². The lowest BCUT2D eigenvalue weighted by Crippen LogP contribution is -2.41. The van der Waals surface area contributed by atoms with Crippen LogP contribution >= 0.6 is 11.3 Å². The largest absolute Gasteiger partial charge is 0.365 e. The van der Waals surface area contributed by atoms with Crippen LogP contribution in [0.3, 0.4) is 0 Å². The molecule has 7 nitrogen and oxygen atoms in total. The predicted octanol–water partition coefficient (Wildman–Crippen LogP) is 1.49. The average Bonchev–Trinajstić information content (AvgIpc) is 3.17.